The topological polar surface area (TPSA) is 94.2 Å². The molecule has 23 heavy (non-hydrogen) atoms. The summed E-state index contributed by atoms with van der Waals surface area (Å²) in [7, 11) is 0. The third-order valence-electron chi connectivity index (χ3n) is 3.13. The molecule has 2 rings (SSSR count). The Kier molecular flexibility index (Phi) is 5.02. The Morgan fingerprint density at radius 2 is 2.00 bits per heavy atom. The molecular weight excluding hydrogens is 345 g/mol. The normalized spacial score (nSPS) is 10.4. The fraction of sp³-hybridized carbons (Fsp3) is 0.143. The summed E-state index contributed by atoms with van der Waals surface area (Å²) in [6.07, 6.45) is 0. The van der Waals surface area contributed by atoms with Gasteiger partial charge in [-0.25, -0.2) is 0 Å². The van der Waals surface area contributed by atoms with Crippen molar-refractivity contribution < 1.29 is 9.72 Å². The second kappa shape index (κ2) is 6.80. The minimum atomic E-state index is -0.612. The summed E-state index contributed by atoms with van der Waals surface area (Å²) in [5, 5.41) is 14.1. The summed E-state index contributed by atoms with van der Waals surface area (Å²) in [5.74, 6) is -0.542. The van der Waals surface area contributed by atoms with Gasteiger partial charge >= 0.3 is 0 Å². The zero-order valence-electron chi connectivity index (χ0n) is 11.9. The minimum Gasteiger partial charge on any atom is -0.323 e. The monoisotopic (exact) mass is 355 g/mol. The standard InChI is InChI=1S/C14H11Cl2N3O4/c1-8-12(19(22)23)4-5-14(21)18(8)7-13(20)17-11-3-2-9(15)6-10(11)16/h2-6H,7H2,1H3,(H,17,20). The van der Waals surface area contributed by atoms with E-state index in [2.05, 4.69) is 5.32 Å². The Hall–Kier alpha value is -2.38. The number of hydrogen-bond acceptors (Lipinski definition) is 4. The van der Waals surface area contributed by atoms with E-state index in [1.54, 1.807) is 6.07 Å². The summed E-state index contributed by atoms with van der Waals surface area (Å²) < 4.78 is 1.03. The zero-order chi connectivity index (χ0) is 17.1. The van der Waals surface area contributed by atoms with Gasteiger partial charge in [0.15, 0.2) is 0 Å². The number of aromatic nitrogens is 1. The lowest BCUT2D eigenvalue weighted by Gasteiger charge is -2.11. The van der Waals surface area contributed by atoms with Gasteiger partial charge in [-0.3, -0.25) is 24.3 Å². The summed E-state index contributed by atoms with van der Waals surface area (Å²) in [4.78, 5) is 34.2. The van der Waals surface area contributed by atoms with Crippen molar-refractivity contribution in [3.63, 3.8) is 0 Å². The summed E-state index contributed by atoms with van der Waals surface area (Å²) in [5.41, 5.74) is -0.315. The van der Waals surface area contributed by atoms with Gasteiger partial charge in [0.1, 0.15) is 6.54 Å². The summed E-state index contributed by atoms with van der Waals surface area (Å²) >= 11 is 11.7. The highest BCUT2D eigenvalue weighted by Crippen LogP contribution is 2.25. The number of rotatable bonds is 4. The van der Waals surface area contributed by atoms with E-state index < -0.39 is 16.4 Å². The Morgan fingerprint density at radius 3 is 2.61 bits per heavy atom. The highest BCUT2D eigenvalue weighted by molar-refractivity contribution is 6.36. The van der Waals surface area contributed by atoms with Gasteiger partial charge in [0.05, 0.1) is 21.3 Å². The molecule has 120 valence electrons. The molecular formula is C14H11Cl2N3O4. The number of hydrogen-bond donors (Lipinski definition) is 1. The lowest BCUT2D eigenvalue weighted by atomic mass is 10.3. The van der Waals surface area contributed by atoms with Gasteiger partial charge in [-0.2, -0.15) is 0 Å². The Bertz CT molecular complexity index is 848. The number of amides is 1. The number of carbonyl (C=O) groups is 1. The molecule has 0 bridgehead atoms. The van der Waals surface area contributed by atoms with Crippen LogP contribution >= 0.6 is 23.2 Å². The lowest BCUT2D eigenvalue weighted by Crippen LogP contribution is -2.29. The van der Waals surface area contributed by atoms with Crippen LogP contribution < -0.4 is 10.9 Å². The van der Waals surface area contributed by atoms with Gasteiger partial charge in [-0.05, 0) is 25.1 Å². The van der Waals surface area contributed by atoms with Crippen LogP contribution in [0.3, 0.4) is 0 Å². The van der Waals surface area contributed by atoms with Crippen molar-refractivity contribution in [2.24, 2.45) is 0 Å². The highest BCUT2D eigenvalue weighted by atomic mass is 35.5. The van der Waals surface area contributed by atoms with E-state index in [1.807, 2.05) is 0 Å². The molecule has 7 nitrogen and oxygen atoms in total. The van der Waals surface area contributed by atoms with Crippen LogP contribution in [0.25, 0.3) is 0 Å². The average Bonchev–Trinajstić information content (AvgIpc) is 2.46. The third-order valence-corrected chi connectivity index (χ3v) is 3.68. The van der Waals surface area contributed by atoms with Crippen molar-refractivity contribution in [2.45, 2.75) is 13.5 Å². The van der Waals surface area contributed by atoms with Crippen LogP contribution in [0.4, 0.5) is 11.4 Å². The first-order valence-electron chi connectivity index (χ1n) is 6.39. The number of anilines is 1. The Morgan fingerprint density at radius 1 is 1.30 bits per heavy atom. The van der Waals surface area contributed by atoms with Gasteiger partial charge in [0, 0.05) is 17.2 Å². The van der Waals surface area contributed by atoms with Crippen LogP contribution in [0.5, 0.6) is 0 Å². The number of pyridine rings is 1. The van der Waals surface area contributed by atoms with Crippen LogP contribution in [0, 0.1) is 17.0 Å². The molecule has 0 saturated heterocycles. The molecule has 0 aliphatic rings. The van der Waals surface area contributed by atoms with Crippen LogP contribution in [0.1, 0.15) is 5.69 Å². The second-order valence-electron chi connectivity index (χ2n) is 4.66. The first-order chi connectivity index (χ1) is 10.8. The van der Waals surface area contributed by atoms with Gasteiger partial charge in [-0.1, -0.05) is 23.2 Å². The van der Waals surface area contributed by atoms with Gasteiger partial charge in [0.25, 0.3) is 11.2 Å². The zero-order valence-corrected chi connectivity index (χ0v) is 13.4. The molecule has 0 unspecified atom stereocenters. The number of carbonyl (C=O) groups excluding carboxylic acids is 1. The molecule has 9 heteroatoms. The van der Waals surface area contributed by atoms with E-state index in [1.165, 1.54) is 19.1 Å². The quantitative estimate of drug-likeness (QED) is 0.673. The molecule has 2 aromatic rings. The maximum Gasteiger partial charge on any atom is 0.288 e. The molecule has 0 aliphatic heterocycles. The molecule has 0 spiro atoms. The van der Waals surface area contributed by atoms with Crippen molar-refractivity contribution >= 4 is 40.5 Å². The Labute approximate surface area is 140 Å². The molecule has 1 aromatic carbocycles. The molecule has 0 saturated carbocycles. The second-order valence-corrected chi connectivity index (χ2v) is 5.50. The first kappa shape index (κ1) is 17.0. The van der Waals surface area contributed by atoms with Crippen LogP contribution in [0.15, 0.2) is 35.1 Å². The molecule has 1 aromatic heterocycles. The molecule has 1 heterocycles. The highest BCUT2D eigenvalue weighted by Gasteiger charge is 2.17. The number of nitrogens with zero attached hydrogens (tertiary/aromatic N) is 2. The van der Waals surface area contributed by atoms with E-state index in [9.17, 15) is 19.7 Å². The largest absolute Gasteiger partial charge is 0.323 e. The molecule has 1 N–H and O–H groups in total. The van der Waals surface area contributed by atoms with Crippen molar-refractivity contribution in [1.29, 1.82) is 0 Å². The predicted octanol–water partition coefficient (Wildman–Crippen LogP) is 3.01. The molecule has 0 atom stereocenters. The fourth-order valence-electron chi connectivity index (χ4n) is 1.98. The SMILES string of the molecule is Cc1c([N+](=O)[O-])ccc(=O)n1CC(=O)Nc1ccc(Cl)cc1Cl. The Balaban J connectivity index is 2.25. The van der Waals surface area contributed by atoms with Crippen molar-refractivity contribution in [3.8, 4) is 0 Å². The van der Waals surface area contributed by atoms with Gasteiger partial charge < -0.3 is 5.32 Å². The minimum absolute atomic E-state index is 0.0971. The number of nitro groups is 1. The maximum absolute atomic E-state index is 12.1. The van der Waals surface area contributed by atoms with E-state index >= 15 is 0 Å². The van der Waals surface area contributed by atoms with Crippen molar-refractivity contribution in [2.75, 3.05) is 5.32 Å². The van der Waals surface area contributed by atoms with Crippen LogP contribution in [-0.4, -0.2) is 15.4 Å². The van der Waals surface area contributed by atoms with Crippen molar-refractivity contribution in [3.05, 3.63) is 66.5 Å². The van der Waals surface area contributed by atoms with E-state index in [0.29, 0.717) is 10.7 Å². The molecule has 0 radical (unpaired) electrons. The molecule has 0 aliphatic carbocycles. The predicted molar refractivity (Wildman–Crippen MR) is 87.2 cm³/mol. The number of benzene rings is 1. The first-order valence-corrected chi connectivity index (χ1v) is 7.15. The van der Waals surface area contributed by atoms with Crippen molar-refractivity contribution in [1.82, 2.24) is 4.57 Å². The van der Waals surface area contributed by atoms with E-state index in [-0.39, 0.29) is 22.9 Å². The molecule has 1 amide bonds. The van der Waals surface area contributed by atoms with E-state index in [4.69, 9.17) is 23.2 Å². The third kappa shape index (κ3) is 3.88. The smallest absolute Gasteiger partial charge is 0.288 e. The van der Waals surface area contributed by atoms with Gasteiger partial charge in [-0.15, -0.1) is 0 Å². The average molecular weight is 356 g/mol. The summed E-state index contributed by atoms with van der Waals surface area (Å²) in [6.45, 7) is 1.04. The molecule has 0 fully saturated rings. The number of nitrogens with one attached hydrogen (secondary N) is 1. The fourth-order valence-corrected chi connectivity index (χ4v) is 2.43. The van der Waals surface area contributed by atoms with E-state index in [0.717, 1.165) is 16.7 Å². The van der Waals surface area contributed by atoms with Crippen LogP contribution in [0.2, 0.25) is 10.0 Å². The van der Waals surface area contributed by atoms with Gasteiger partial charge in [0.2, 0.25) is 5.91 Å². The maximum atomic E-state index is 12.1. The number of halogens is 2. The van der Waals surface area contributed by atoms with Crippen LogP contribution in [-0.2, 0) is 11.3 Å². The summed E-state index contributed by atoms with van der Waals surface area (Å²) in [6, 6.07) is 6.69. The lowest BCUT2D eigenvalue weighted by molar-refractivity contribution is -0.386.